The van der Waals surface area contributed by atoms with Crippen LogP contribution in [0.4, 0.5) is 0 Å². The molecule has 0 spiro atoms. The minimum absolute atomic E-state index is 0.0641. The molecule has 0 unspecified atom stereocenters. The van der Waals surface area contributed by atoms with Crippen molar-refractivity contribution in [1.29, 1.82) is 0 Å². The summed E-state index contributed by atoms with van der Waals surface area (Å²) < 4.78 is 5.73. The summed E-state index contributed by atoms with van der Waals surface area (Å²) in [6, 6.07) is 3.50. The second-order valence-electron chi connectivity index (χ2n) is 5.94. The van der Waals surface area contributed by atoms with Gasteiger partial charge in [-0.15, -0.1) is 10.2 Å². The quantitative estimate of drug-likeness (QED) is 0.871. The maximum absolute atomic E-state index is 12.4. The van der Waals surface area contributed by atoms with Crippen molar-refractivity contribution < 1.29 is 9.21 Å². The summed E-state index contributed by atoms with van der Waals surface area (Å²) in [6.45, 7) is 5.50. The smallest absolute Gasteiger partial charge is 0.253 e. The number of aromatic nitrogens is 3. The first-order valence-corrected chi connectivity index (χ1v) is 7.67. The molecule has 6 heteroatoms. The Balaban J connectivity index is 1.61. The lowest BCUT2D eigenvalue weighted by atomic mass is 9.96. The predicted octanol–water partition coefficient (Wildman–Crippen LogP) is 2.61. The largest absolute Gasteiger partial charge is 0.425 e. The molecule has 0 aromatic carbocycles. The molecule has 3 rings (SSSR count). The van der Waals surface area contributed by atoms with Crippen molar-refractivity contribution in [3.05, 3.63) is 41.9 Å². The van der Waals surface area contributed by atoms with E-state index in [1.54, 1.807) is 24.5 Å². The lowest BCUT2D eigenvalue weighted by molar-refractivity contribution is 0.0706. The van der Waals surface area contributed by atoms with Crippen molar-refractivity contribution in [1.82, 2.24) is 20.1 Å². The Morgan fingerprint density at radius 3 is 2.50 bits per heavy atom. The standard InChI is InChI=1S/C16H20N4O2/c1-11(2)14-18-19-15(22-14)12-5-9-20(10-6-12)16(21)13-3-7-17-8-4-13/h3-4,7-8,11-12H,5-6,9-10H2,1-2H3. The van der Waals surface area contributed by atoms with Crippen LogP contribution in [-0.4, -0.2) is 39.1 Å². The summed E-state index contributed by atoms with van der Waals surface area (Å²) in [5.41, 5.74) is 0.688. The minimum Gasteiger partial charge on any atom is -0.425 e. The molecule has 0 radical (unpaired) electrons. The summed E-state index contributed by atoms with van der Waals surface area (Å²) in [5.74, 6) is 1.95. The van der Waals surface area contributed by atoms with Crippen LogP contribution in [0.3, 0.4) is 0 Å². The fourth-order valence-electron chi connectivity index (χ4n) is 2.65. The summed E-state index contributed by atoms with van der Waals surface area (Å²) in [6.07, 6.45) is 5.00. The van der Waals surface area contributed by atoms with Crippen molar-refractivity contribution in [2.24, 2.45) is 0 Å². The SMILES string of the molecule is CC(C)c1nnc(C2CCN(C(=O)c3ccncc3)CC2)o1. The van der Waals surface area contributed by atoms with E-state index in [1.165, 1.54) is 0 Å². The number of carbonyl (C=O) groups excluding carboxylic acids is 1. The first kappa shape index (κ1) is 14.7. The van der Waals surface area contributed by atoms with E-state index >= 15 is 0 Å². The van der Waals surface area contributed by atoms with E-state index in [9.17, 15) is 4.79 Å². The molecule has 3 heterocycles. The molecule has 2 aromatic rings. The van der Waals surface area contributed by atoms with Gasteiger partial charge in [0, 0.05) is 42.9 Å². The lowest BCUT2D eigenvalue weighted by Crippen LogP contribution is -2.38. The van der Waals surface area contributed by atoms with Crippen molar-refractivity contribution in [3.63, 3.8) is 0 Å². The molecule has 1 amide bonds. The highest BCUT2D eigenvalue weighted by Crippen LogP contribution is 2.28. The molecule has 22 heavy (non-hydrogen) atoms. The van der Waals surface area contributed by atoms with Crippen LogP contribution in [0, 0.1) is 0 Å². The van der Waals surface area contributed by atoms with Crippen LogP contribution in [0.1, 0.15) is 60.7 Å². The Morgan fingerprint density at radius 2 is 1.91 bits per heavy atom. The van der Waals surface area contributed by atoms with Gasteiger partial charge in [-0.05, 0) is 25.0 Å². The number of carbonyl (C=O) groups is 1. The van der Waals surface area contributed by atoms with Crippen LogP contribution in [-0.2, 0) is 0 Å². The van der Waals surface area contributed by atoms with E-state index in [0.717, 1.165) is 12.8 Å². The highest BCUT2D eigenvalue weighted by molar-refractivity contribution is 5.94. The van der Waals surface area contributed by atoms with E-state index in [-0.39, 0.29) is 17.7 Å². The van der Waals surface area contributed by atoms with Gasteiger partial charge in [0.25, 0.3) is 5.91 Å². The number of hydrogen-bond acceptors (Lipinski definition) is 5. The minimum atomic E-state index is 0.0641. The number of likely N-dealkylation sites (tertiary alicyclic amines) is 1. The molecule has 2 aromatic heterocycles. The van der Waals surface area contributed by atoms with E-state index < -0.39 is 0 Å². The van der Waals surface area contributed by atoms with Crippen molar-refractivity contribution in [3.8, 4) is 0 Å². The van der Waals surface area contributed by atoms with Gasteiger partial charge >= 0.3 is 0 Å². The zero-order valence-corrected chi connectivity index (χ0v) is 12.9. The van der Waals surface area contributed by atoms with Crippen molar-refractivity contribution in [2.45, 2.75) is 38.5 Å². The molecule has 0 aliphatic carbocycles. The average molecular weight is 300 g/mol. The van der Waals surface area contributed by atoms with Crippen molar-refractivity contribution >= 4 is 5.91 Å². The number of piperidine rings is 1. The molecule has 1 fully saturated rings. The van der Waals surface area contributed by atoms with Crippen molar-refractivity contribution in [2.75, 3.05) is 13.1 Å². The van der Waals surface area contributed by atoms with Crippen LogP contribution >= 0.6 is 0 Å². The molecular weight excluding hydrogens is 280 g/mol. The first-order valence-electron chi connectivity index (χ1n) is 7.67. The molecule has 0 N–H and O–H groups in total. The molecular formula is C16H20N4O2. The number of amides is 1. The maximum atomic E-state index is 12.4. The Morgan fingerprint density at radius 1 is 1.23 bits per heavy atom. The van der Waals surface area contributed by atoms with Gasteiger partial charge in [0.05, 0.1) is 0 Å². The van der Waals surface area contributed by atoms with Gasteiger partial charge in [-0.2, -0.15) is 0 Å². The Kier molecular flexibility index (Phi) is 4.18. The zero-order valence-electron chi connectivity index (χ0n) is 12.9. The third-order valence-corrected chi connectivity index (χ3v) is 4.01. The van der Waals surface area contributed by atoms with E-state index in [1.807, 2.05) is 18.7 Å². The lowest BCUT2D eigenvalue weighted by Gasteiger charge is -2.30. The first-order chi connectivity index (χ1) is 10.6. The molecule has 1 aliphatic rings. The monoisotopic (exact) mass is 300 g/mol. The molecule has 6 nitrogen and oxygen atoms in total. The van der Waals surface area contributed by atoms with Gasteiger partial charge < -0.3 is 9.32 Å². The van der Waals surface area contributed by atoms with E-state index in [0.29, 0.717) is 30.4 Å². The van der Waals surface area contributed by atoms with Gasteiger partial charge in [0.1, 0.15) is 0 Å². The van der Waals surface area contributed by atoms with Crippen LogP contribution in [0.2, 0.25) is 0 Å². The number of rotatable bonds is 3. The van der Waals surface area contributed by atoms with Gasteiger partial charge in [-0.1, -0.05) is 13.8 Å². The highest BCUT2D eigenvalue weighted by Gasteiger charge is 2.28. The van der Waals surface area contributed by atoms with Gasteiger partial charge in [-0.3, -0.25) is 9.78 Å². The normalized spacial score (nSPS) is 16.2. The third-order valence-electron chi connectivity index (χ3n) is 4.01. The van der Waals surface area contributed by atoms with E-state index in [4.69, 9.17) is 4.42 Å². The summed E-state index contributed by atoms with van der Waals surface area (Å²) in [4.78, 5) is 18.2. The molecule has 116 valence electrons. The predicted molar refractivity (Wildman–Crippen MR) is 80.5 cm³/mol. The second-order valence-corrected chi connectivity index (χ2v) is 5.94. The number of pyridine rings is 1. The molecule has 1 saturated heterocycles. The fourth-order valence-corrected chi connectivity index (χ4v) is 2.65. The van der Waals surface area contributed by atoms with Gasteiger partial charge in [-0.25, -0.2) is 0 Å². The molecule has 1 aliphatic heterocycles. The average Bonchev–Trinajstić information content (AvgIpc) is 3.05. The Bertz CT molecular complexity index is 631. The van der Waals surface area contributed by atoms with Gasteiger partial charge in [0.2, 0.25) is 11.8 Å². The zero-order chi connectivity index (χ0) is 15.5. The fraction of sp³-hybridized carbons (Fsp3) is 0.500. The summed E-state index contributed by atoms with van der Waals surface area (Å²) >= 11 is 0. The summed E-state index contributed by atoms with van der Waals surface area (Å²) in [7, 11) is 0. The molecule has 0 atom stereocenters. The second kappa shape index (κ2) is 6.25. The Hall–Kier alpha value is -2.24. The molecule has 0 bridgehead atoms. The van der Waals surface area contributed by atoms with Crippen LogP contribution in [0.5, 0.6) is 0 Å². The van der Waals surface area contributed by atoms with Crippen LogP contribution < -0.4 is 0 Å². The third kappa shape index (κ3) is 3.00. The number of hydrogen-bond donors (Lipinski definition) is 0. The van der Waals surface area contributed by atoms with E-state index in [2.05, 4.69) is 15.2 Å². The topological polar surface area (TPSA) is 72.1 Å². The van der Waals surface area contributed by atoms with Crippen LogP contribution in [0.25, 0.3) is 0 Å². The maximum Gasteiger partial charge on any atom is 0.253 e. The number of nitrogens with zero attached hydrogens (tertiary/aromatic N) is 4. The molecule has 0 saturated carbocycles. The van der Waals surface area contributed by atoms with Gasteiger partial charge in [0.15, 0.2) is 0 Å². The van der Waals surface area contributed by atoms with Crippen LogP contribution in [0.15, 0.2) is 28.9 Å². The highest BCUT2D eigenvalue weighted by atomic mass is 16.4. The summed E-state index contributed by atoms with van der Waals surface area (Å²) in [5, 5.41) is 8.25. The Labute approximate surface area is 129 Å².